The van der Waals surface area contributed by atoms with Crippen LogP contribution in [0.5, 0.6) is 0 Å². The minimum Gasteiger partial charge on any atom is -0.478 e. The standard InChI is InChI=1S/C16H16NOS.C5H5.Fe/c1-16(2)11-18-15(17-16)13-9-6-10-14(13)19-12-7-4-3-5-8-12;1-2-4-5-3-1;/h3-10H,11H2,1-2H3;1-5H;/q;;+2. The average molecular weight is 391 g/mol. The molecule has 10 radical (unpaired) electrons. The molecular weight excluding hydrogens is 370 g/mol. The average Bonchev–Trinajstić information content (AvgIpc) is 3.31. The van der Waals surface area contributed by atoms with Crippen LogP contribution in [0, 0.1) is 62.5 Å². The van der Waals surface area contributed by atoms with Gasteiger partial charge in [0.05, 0.1) is 16.7 Å². The number of benzene rings is 1. The molecule has 0 atom stereocenters. The van der Waals surface area contributed by atoms with E-state index in [2.05, 4.69) is 62.4 Å². The van der Waals surface area contributed by atoms with E-state index in [1.165, 1.54) is 10.1 Å². The van der Waals surface area contributed by atoms with Gasteiger partial charge in [0, 0.05) is 4.90 Å². The Kier molecular flexibility index (Phi) is 8.38. The molecule has 2 fully saturated rings. The zero-order chi connectivity index (χ0) is 16.8. The van der Waals surface area contributed by atoms with Crippen molar-refractivity contribution in [2.75, 3.05) is 6.61 Å². The van der Waals surface area contributed by atoms with Crippen LogP contribution in [0.2, 0.25) is 0 Å². The Labute approximate surface area is 168 Å². The molecule has 0 N–H and O–H groups in total. The maximum absolute atomic E-state index is 5.73. The van der Waals surface area contributed by atoms with Crippen LogP contribution in [0.15, 0.2) is 40.2 Å². The quantitative estimate of drug-likeness (QED) is 0.695. The summed E-state index contributed by atoms with van der Waals surface area (Å²) in [7, 11) is 0. The van der Waals surface area contributed by atoms with E-state index in [1.54, 1.807) is 11.8 Å². The van der Waals surface area contributed by atoms with E-state index in [0.717, 1.165) is 11.8 Å². The van der Waals surface area contributed by atoms with Gasteiger partial charge in [-0.2, -0.15) is 0 Å². The fraction of sp³-hybridized carbons (Fsp3) is 0.190. The van der Waals surface area contributed by atoms with Gasteiger partial charge >= 0.3 is 17.1 Å². The Hall–Kier alpha value is -0.441. The molecule has 2 nitrogen and oxygen atoms in total. The monoisotopic (exact) mass is 391 g/mol. The van der Waals surface area contributed by atoms with Crippen molar-refractivity contribution in [3.63, 3.8) is 0 Å². The number of thioether (sulfide) groups is 1. The minimum absolute atomic E-state index is 0. The number of rotatable bonds is 3. The topological polar surface area (TPSA) is 21.6 Å². The molecule has 4 rings (SSSR count). The Morgan fingerprint density at radius 1 is 0.920 bits per heavy atom. The van der Waals surface area contributed by atoms with Gasteiger partial charge in [0.2, 0.25) is 0 Å². The van der Waals surface area contributed by atoms with Crippen molar-refractivity contribution >= 4 is 17.7 Å². The molecule has 128 valence electrons. The minimum atomic E-state index is -0.110. The molecule has 0 saturated heterocycles. The third-order valence-electron chi connectivity index (χ3n) is 3.50. The van der Waals surface area contributed by atoms with Crippen molar-refractivity contribution < 1.29 is 21.8 Å². The molecule has 0 aromatic heterocycles. The van der Waals surface area contributed by atoms with Crippen LogP contribution < -0.4 is 0 Å². The van der Waals surface area contributed by atoms with Crippen molar-refractivity contribution in [3.05, 3.63) is 92.9 Å². The smallest absolute Gasteiger partial charge is 0.478 e. The number of hydrogen-bond acceptors (Lipinski definition) is 3. The second-order valence-corrected chi connectivity index (χ2v) is 7.31. The van der Waals surface area contributed by atoms with Gasteiger partial charge in [-0.1, -0.05) is 18.2 Å². The molecule has 1 aromatic rings. The summed E-state index contributed by atoms with van der Waals surface area (Å²) in [5, 5.41) is 1.20. The second kappa shape index (κ2) is 10.0. The second-order valence-electron chi connectivity index (χ2n) is 6.20. The molecule has 0 bridgehead atoms. The molecule has 2 saturated carbocycles. The summed E-state index contributed by atoms with van der Waals surface area (Å²) in [6.45, 7) is 4.84. The van der Waals surface area contributed by atoms with Crippen molar-refractivity contribution in [1.29, 1.82) is 0 Å². The van der Waals surface area contributed by atoms with Crippen LogP contribution in [-0.4, -0.2) is 18.0 Å². The van der Waals surface area contributed by atoms with Crippen LogP contribution >= 0.6 is 11.8 Å². The predicted molar refractivity (Wildman–Crippen MR) is 101 cm³/mol. The van der Waals surface area contributed by atoms with E-state index in [9.17, 15) is 0 Å². The molecule has 2 aliphatic carbocycles. The maximum atomic E-state index is 5.73. The van der Waals surface area contributed by atoms with Crippen molar-refractivity contribution in [2.45, 2.75) is 24.3 Å². The van der Waals surface area contributed by atoms with E-state index in [-0.39, 0.29) is 22.6 Å². The van der Waals surface area contributed by atoms with E-state index in [1.807, 2.05) is 38.2 Å². The summed E-state index contributed by atoms with van der Waals surface area (Å²) in [5.41, 5.74) is -0.110. The Morgan fingerprint density at radius 3 is 2.12 bits per heavy atom. The van der Waals surface area contributed by atoms with Crippen LogP contribution in [0.4, 0.5) is 0 Å². The third-order valence-corrected chi connectivity index (χ3v) is 4.58. The zero-order valence-corrected chi connectivity index (χ0v) is 16.3. The summed E-state index contributed by atoms with van der Waals surface area (Å²) in [5.74, 6) is 1.87. The van der Waals surface area contributed by atoms with Crippen LogP contribution in [0.3, 0.4) is 0 Å². The molecule has 1 heterocycles. The van der Waals surface area contributed by atoms with Crippen molar-refractivity contribution in [2.24, 2.45) is 4.99 Å². The number of nitrogens with zero attached hydrogens (tertiary/aromatic N) is 1. The zero-order valence-electron chi connectivity index (χ0n) is 14.3. The van der Waals surface area contributed by atoms with Crippen LogP contribution in [-0.2, 0) is 21.8 Å². The number of hydrogen-bond donors (Lipinski definition) is 0. The summed E-state index contributed by atoms with van der Waals surface area (Å²) in [4.78, 5) is 5.88. The fourth-order valence-corrected chi connectivity index (χ4v) is 3.29. The summed E-state index contributed by atoms with van der Waals surface area (Å²) >= 11 is 1.75. The molecular formula is C21H21FeNOS+2. The fourth-order valence-electron chi connectivity index (χ4n) is 2.33. The normalized spacial score (nSPS) is 22.6. The molecule has 0 unspecified atom stereocenters. The SMILES string of the molecule is CC1(C)COC([C]2[CH][CH][CH][C]2Sc2ccccc2)=N1.[CH]1[CH][CH][CH][CH]1.[Fe+2]. The van der Waals surface area contributed by atoms with E-state index in [0.29, 0.717) is 6.61 Å². The summed E-state index contributed by atoms with van der Waals surface area (Å²) < 4.78 is 5.73. The first-order chi connectivity index (χ1) is 11.6. The molecule has 25 heavy (non-hydrogen) atoms. The first kappa shape index (κ1) is 20.9. The molecule has 1 aromatic carbocycles. The third kappa shape index (κ3) is 6.34. The first-order valence-corrected chi connectivity index (χ1v) is 8.84. The predicted octanol–water partition coefficient (Wildman–Crippen LogP) is 4.74. The molecule has 0 spiro atoms. The van der Waals surface area contributed by atoms with Crippen LogP contribution in [0.1, 0.15) is 13.8 Å². The number of aliphatic imine (C=N–C) groups is 1. The Balaban J connectivity index is 0.000000325. The van der Waals surface area contributed by atoms with E-state index in [4.69, 9.17) is 4.74 Å². The number of ether oxygens (including phenoxy) is 1. The molecule has 0 amide bonds. The molecule has 3 aliphatic rings. The van der Waals surface area contributed by atoms with E-state index >= 15 is 0 Å². The summed E-state index contributed by atoms with van der Waals surface area (Å²) in [6, 6.07) is 10.4. The van der Waals surface area contributed by atoms with Gasteiger partial charge in [0.25, 0.3) is 0 Å². The molecule has 1 aliphatic heterocycles. The Bertz CT molecular complexity index is 534. The van der Waals surface area contributed by atoms with Crippen molar-refractivity contribution in [1.82, 2.24) is 0 Å². The van der Waals surface area contributed by atoms with E-state index < -0.39 is 0 Å². The van der Waals surface area contributed by atoms with Crippen LogP contribution in [0.25, 0.3) is 0 Å². The largest absolute Gasteiger partial charge is 2.00 e. The van der Waals surface area contributed by atoms with Gasteiger partial charge < -0.3 is 4.74 Å². The van der Waals surface area contributed by atoms with Gasteiger partial charge in [0.1, 0.15) is 6.61 Å². The summed E-state index contributed by atoms with van der Waals surface area (Å²) in [6.07, 6.45) is 16.2. The molecule has 4 heteroatoms. The van der Waals surface area contributed by atoms with Gasteiger partial charge in [-0.15, -0.1) is 11.8 Å². The Morgan fingerprint density at radius 2 is 1.56 bits per heavy atom. The van der Waals surface area contributed by atoms with Gasteiger partial charge in [-0.3, -0.25) is 0 Å². The van der Waals surface area contributed by atoms with Crippen molar-refractivity contribution in [3.8, 4) is 0 Å². The van der Waals surface area contributed by atoms with Gasteiger partial charge in [-0.25, -0.2) is 4.99 Å². The van der Waals surface area contributed by atoms with Gasteiger partial charge in [0.15, 0.2) is 5.90 Å². The first-order valence-electron chi connectivity index (χ1n) is 8.02. The maximum Gasteiger partial charge on any atom is 2.00 e. The van der Waals surface area contributed by atoms with Gasteiger partial charge in [-0.05, 0) is 77.3 Å².